The molecule has 4 rings (SSSR count). The summed E-state index contributed by atoms with van der Waals surface area (Å²) in [4.78, 5) is 28.5. The molecule has 0 spiro atoms. The Balaban J connectivity index is 1.41. The molecule has 1 atom stereocenters. The zero-order chi connectivity index (χ0) is 17.9. The third kappa shape index (κ3) is 3.97. The van der Waals surface area contributed by atoms with Gasteiger partial charge in [0.15, 0.2) is 0 Å². The third-order valence-corrected chi connectivity index (χ3v) is 5.91. The topological polar surface area (TPSA) is 61.4 Å². The van der Waals surface area contributed by atoms with Crippen molar-refractivity contribution >= 4 is 28.8 Å². The quantitative estimate of drug-likeness (QED) is 0.820. The highest BCUT2D eigenvalue weighted by Crippen LogP contribution is 2.34. The number of carbonyl (C=O) groups is 2. The molecule has 2 N–H and O–H groups in total. The Morgan fingerprint density at radius 2 is 1.96 bits per heavy atom. The van der Waals surface area contributed by atoms with Crippen LogP contribution in [-0.2, 0) is 4.79 Å². The molecule has 2 heterocycles. The molecule has 1 saturated carbocycles. The van der Waals surface area contributed by atoms with Gasteiger partial charge in [0, 0.05) is 17.0 Å². The summed E-state index contributed by atoms with van der Waals surface area (Å²) in [6.07, 6.45) is 4.28. The molecule has 6 heteroatoms. The van der Waals surface area contributed by atoms with Gasteiger partial charge in [-0.1, -0.05) is 18.2 Å². The van der Waals surface area contributed by atoms with Crippen LogP contribution >= 0.6 is 11.3 Å². The number of hydrogen-bond donors (Lipinski definition) is 2. The van der Waals surface area contributed by atoms with Crippen molar-refractivity contribution in [2.24, 2.45) is 0 Å². The fraction of sp³-hybridized carbons (Fsp3) is 0.400. The van der Waals surface area contributed by atoms with Crippen molar-refractivity contribution in [2.75, 3.05) is 18.4 Å². The normalized spacial score (nSPS) is 20.1. The summed E-state index contributed by atoms with van der Waals surface area (Å²) in [5.74, 6) is -0.179. The number of nitrogens with one attached hydrogen (secondary N) is 2. The first-order valence-corrected chi connectivity index (χ1v) is 10.1. The minimum absolute atomic E-state index is 0.0693. The van der Waals surface area contributed by atoms with E-state index in [0.29, 0.717) is 29.9 Å². The summed E-state index contributed by atoms with van der Waals surface area (Å²) in [7, 11) is 0. The fourth-order valence-electron chi connectivity index (χ4n) is 3.47. The Morgan fingerprint density at radius 3 is 2.73 bits per heavy atom. The first-order chi connectivity index (χ1) is 12.7. The number of hydrogen-bond acceptors (Lipinski definition) is 4. The largest absolute Gasteiger partial charge is 0.349 e. The van der Waals surface area contributed by atoms with Gasteiger partial charge in [0.05, 0.1) is 17.8 Å². The Bertz CT molecular complexity index is 786. The molecule has 26 heavy (non-hydrogen) atoms. The molecule has 1 aromatic carbocycles. The maximum absolute atomic E-state index is 12.6. The van der Waals surface area contributed by atoms with E-state index in [4.69, 9.17) is 0 Å². The van der Waals surface area contributed by atoms with Gasteiger partial charge >= 0.3 is 0 Å². The van der Waals surface area contributed by atoms with Gasteiger partial charge in [-0.05, 0) is 55.8 Å². The van der Waals surface area contributed by atoms with Crippen LogP contribution in [0.1, 0.15) is 47.0 Å². The second-order valence-corrected chi connectivity index (χ2v) is 7.96. The highest BCUT2D eigenvalue weighted by atomic mass is 32.1. The Morgan fingerprint density at radius 1 is 1.12 bits per heavy atom. The van der Waals surface area contributed by atoms with Crippen molar-refractivity contribution in [2.45, 2.75) is 37.8 Å². The monoisotopic (exact) mass is 369 g/mol. The first kappa shape index (κ1) is 17.2. The van der Waals surface area contributed by atoms with Gasteiger partial charge in [0.2, 0.25) is 5.91 Å². The Hall–Kier alpha value is -2.18. The number of amides is 2. The van der Waals surface area contributed by atoms with E-state index in [1.165, 1.54) is 4.88 Å². The summed E-state index contributed by atoms with van der Waals surface area (Å²) in [5, 5.41) is 8.01. The summed E-state index contributed by atoms with van der Waals surface area (Å²) in [5.41, 5.74) is 1.12. The van der Waals surface area contributed by atoms with Gasteiger partial charge in [-0.15, -0.1) is 11.3 Å². The molecule has 2 aromatic rings. The minimum Gasteiger partial charge on any atom is -0.349 e. The molecule has 5 nitrogen and oxygen atoms in total. The lowest BCUT2D eigenvalue weighted by atomic mass is 10.1. The molecule has 136 valence electrons. The molecule has 1 aliphatic carbocycles. The lowest BCUT2D eigenvalue weighted by Crippen LogP contribution is -2.33. The van der Waals surface area contributed by atoms with Gasteiger partial charge in [-0.25, -0.2) is 0 Å². The van der Waals surface area contributed by atoms with Crippen molar-refractivity contribution in [3.63, 3.8) is 0 Å². The zero-order valence-corrected chi connectivity index (χ0v) is 15.4. The van der Waals surface area contributed by atoms with E-state index >= 15 is 0 Å². The predicted molar refractivity (Wildman–Crippen MR) is 103 cm³/mol. The molecular formula is C20H23N3O2S. The fourth-order valence-corrected chi connectivity index (χ4v) is 4.37. The van der Waals surface area contributed by atoms with Gasteiger partial charge in [0.1, 0.15) is 0 Å². The maximum Gasteiger partial charge on any atom is 0.253 e. The number of para-hydroxylation sites is 1. The molecule has 2 fully saturated rings. The summed E-state index contributed by atoms with van der Waals surface area (Å²) in [6.45, 7) is 1.28. The second kappa shape index (κ2) is 7.60. The Kier molecular flexibility index (Phi) is 5.04. The van der Waals surface area contributed by atoms with Gasteiger partial charge in [0.25, 0.3) is 5.91 Å². The van der Waals surface area contributed by atoms with Gasteiger partial charge < -0.3 is 10.6 Å². The average Bonchev–Trinajstić information content (AvgIpc) is 3.10. The van der Waals surface area contributed by atoms with Crippen LogP contribution in [0.5, 0.6) is 0 Å². The van der Waals surface area contributed by atoms with Crippen LogP contribution in [0.3, 0.4) is 0 Å². The van der Waals surface area contributed by atoms with Gasteiger partial charge in [-0.3, -0.25) is 14.5 Å². The van der Waals surface area contributed by atoms with Crippen molar-refractivity contribution in [3.05, 3.63) is 52.2 Å². The number of likely N-dealkylation sites (tertiary alicyclic amines) is 1. The first-order valence-electron chi connectivity index (χ1n) is 9.18. The highest BCUT2D eigenvalue weighted by Gasteiger charge is 2.29. The van der Waals surface area contributed by atoms with E-state index in [-0.39, 0.29) is 11.8 Å². The van der Waals surface area contributed by atoms with E-state index in [2.05, 4.69) is 33.0 Å². The Labute approximate surface area is 157 Å². The second-order valence-electron chi connectivity index (χ2n) is 6.99. The molecule has 0 radical (unpaired) electrons. The van der Waals surface area contributed by atoms with Crippen molar-refractivity contribution in [1.29, 1.82) is 0 Å². The molecule has 0 bridgehead atoms. The number of carbonyl (C=O) groups excluding carboxylic acids is 2. The van der Waals surface area contributed by atoms with Crippen LogP contribution < -0.4 is 10.6 Å². The zero-order valence-electron chi connectivity index (χ0n) is 14.6. The van der Waals surface area contributed by atoms with Crippen LogP contribution in [0.4, 0.5) is 5.69 Å². The van der Waals surface area contributed by atoms with E-state index < -0.39 is 0 Å². The highest BCUT2D eigenvalue weighted by molar-refractivity contribution is 7.10. The maximum atomic E-state index is 12.6. The van der Waals surface area contributed by atoms with Crippen LogP contribution in [0.15, 0.2) is 41.8 Å². The minimum atomic E-state index is -0.110. The van der Waals surface area contributed by atoms with E-state index in [1.54, 1.807) is 23.5 Å². The van der Waals surface area contributed by atoms with Crippen molar-refractivity contribution in [1.82, 2.24) is 10.2 Å². The lowest BCUT2D eigenvalue weighted by molar-refractivity contribution is -0.117. The number of benzene rings is 1. The van der Waals surface area contributed by atoms with Crippen LogP contribution in [0.25, 0.3) is 0 Å². The molecule has 2 aliphatic rings. The molecule has 1 aliphatic heterocycles. The predicted octanol–water partition coefficient (Wildman–Crippen LogP) is 3.42. The standard InChI is InChI=1S/C20H23N3O2S/c24-19(13-23-11-3-7-17(23)18-8-4-12-26-18)22-16-6-2-1-5-15(16)20(25)21-14-9-10-14/h1-2,4-6,8,12,14,17H,3,7,9-11,13H2,(H,21,25)(H,22,24)/t17-/m1/s1. The average molecular weight is 369 g/mol. The molecule has 1 saturated heterocycles. The van der Waals surface area contributed by atoms with E-state index in [0.717, 1.165) is 32.2 Å². The van der Waals surface area contributed by atoms with Crippen LogP contribution in [-0.4, -0.2) is 35.8 Å². The molecule has 1 aromatic heterocycles. The van der Waals surface area contributed by atoms with Crippen LogP contribution in [0.2, 0.25) is 0 Å². The third-order valence-electron chi connectivity index (χ3n) is 4.94. The van der Waals surface area contributed by atoms with E-state index in [1.807, 2.05) is 12.1 Å². The SMILES string of the molecule is O=C(CN1CCC[C@@H]1c1cccs1)Nc1ccccc1C(=O)NC1CC1. The summed E-state index contributed by atoms with van der Waals surface area (Å²) >= 11 is 1.75. The van der Waals surface area contributed by atoms with Crippen molar-refractivity contribution in [3.8, 4) is 0 Å². The lowest BCUT2D eigenvalue weighted by Gasteiger charge is -2.23. The number of rotatable bonds is 6. The number of nitrogens with zero attached hydrogens (tertiary/aromatic N) is 1. The summed E-state index contributed by atoms with van der Waals surface area (Å²) < 4.78 is 0. The smallest absolute Gasteiger partial charge is 0.253 e. The van der Waals surface area contributed by atoms with E-state index in [9.17, 15) is 9.59 Å². The summed E-state index contributed by atoms with van der Waals surface area (Å²) in [6, 6.07) is 12.0. The van der Waals surface area contributed by atoms with Crippen LogP contribution in [0, 0.1) is 0 Å². The number of anilines is 1. The van der Waals surface area contributed by atoms with Crippen molar-refractivity contribution < 1.29 is 9.59 Å². The molecular weight excluding hydrogens is 346 g/mol. The molecule has 0 unspecified atom stereocenters. The molecule has 2 amide bonds. The number of thiophene rings is 1. The van der Waals surface area contributed by atoms with Gasteiger partial charge in [-0.2, -0.15) is 0 Å².